The van der Waals surface area contributed by atoms with Gasteiger partial charge in [0, 0.05) is 11.6 Å². The van der Waals surface area contributed by atoms with Gasteiger partial charge in [0.15, 0.2) is 0 Å². The maximum Gasteiger partial charge on any atom is 0.278 e. The van der Waals surface area contributed by atoms with Crippen molar-refractivity contribution < 1.29 is 4.79 Å². The van der Waals surface area contributed by atoms with Crippen molar-refractivity contribution >= 4 is 28.4 Å². The van der Waals surface area contributed by atoms with Gasteiger partial charge in [-0.3, -0.25) is 9.59 Å². The Morgan fingerprint density at radius 1 is 1.10 bits per heavy atom. The van der Waals surface area contributed by atoms with Crippen molar-refractivity contribution in [3.8, 4) is 5.69 Å². The van der Waals surface area contributed by atoms with Gasteiger partial charge in [0.25, 0.3) is 5.56 Å². The maximum absolute atomic E-state index is 13.3. The lowest BCUT2D eigenvalue weighted by molar-refractivity contribution is -0.124. The van der Waals surface area contributed by atoms with Crippen LogP contribution in [0.25, 0.3) is 16.6 Å². The lowest BCUT2D eigenvalue weighted by Gasteiger charge is -2.15. The topological polar surface area (TPSA) is 81.8 Å². The second-order valence-corrected chi connectivity index (χ2v) is 7.85. The smallest absolute Gasteiger partial charge is 0.278 e. The molecular formula is C23H22ClN5O2. The Hall–Kier alpha value is -3.45. The molecule has 1 amide bonds. The van der Waals surface area contributed by atoms with E-state index in [0.29, 0.717) is 33.9 Å². The molecule has 2 aromatic heterocycles. The van der Waals surface area contributed by atoms with Crippen molar-refractivity contribution in [2.45, 2.75) is 33.4 Å². The Morgan fingerprint density at radius 2 is 1.84 bits per heavy atom. The standard InChI is InChI=1S/C23H22ClN5O2/c1-14-21-20(15(2)28(27-21)19-10-5-4-6-11-19)23(31)29(26-14)16(3)22(30)25-13-17-8-7-9-18(24)12-17/h4-12,16H,13H2,1-3H3,(H,25,30)/t16-/m1/s1. The highest BCUT2D eigenvalue weighted by Crippen LogP contribution is 2.20. The van der Waals surface area contributed by atoms with Crippen molar-refractivity contribution in [3.63, 3.8) is 0 Å². The Labute approximate surface area is 184 Å². The van der Waals surface area contributed by atoms with E-state index < -0.39 is 6.04 Å². The van der Waals surface area contributed by atoms with Crippen LogP contribution in [0.15, 0.2) is 59.4 Å². The first-order valence-corrected chi connectivity index (χ1v) is 10.3. The second kappa shape index (κ2) is 8.35. The highest BCUT2D eigenvalue weighted by Gasteiger charge is 2.23. The molecule has 0 radical (unpaired) electrons. The highest BCUT2D eigenvalue weighted by atomic mass is 35.5. The van der Waals surface area contributed by atoms with Crippen LogP contribution < -0.4 is 10.9 Å². The van der Waals surface area contributed by atoms with Gasteiger partial charge in [-0.1, -0.05) is 41.9 Å². The number of hydrogen-bond acceptors (Lipinski definition) is 4. The number of aryl methyl sites for hydroxylation is 2. The molecule has 0 unspecified atom stereocenters. The van der Waals surface area contributed by atoms with Crippen molar-refractivity contribution in [1.82, 2.24) is 24.9 Å². The van der Waals surface area contributed by atoms with Gasteiger partial charge < -0.3 is 5.32 Å². The van der Waals surface area contributed by atoms with Gasteiger partial charge in [-0.25, -0.2) is 9.36 Å². The summed E-state index contributed by atoms with van der Waals surface area (Å²) in [4.78, 5) is 26.0. The van der Waals surface area contributed by atoms with Crippen LogP contribution in [0.2, 0.25) is 5.02 Å². The van der Waals surface area contributed by atoms with Gasteiger partial charge in [-0.2, -0.15) is 10.2 Å². The Balaban J connectivity index is 1.67. The predicted molar refractivity (Wildman–Crippen MR) is 121 cm³/mol. The SMILES string of the molecule is Cc1nn([C@H](C)C(=O)NCc2cccc(Cl)c2)c(=O)c2c(C)n(-c3ccccc3)nc12. The van der Waals surface area contributed by atoms with Crippen molar-refractivity contribution in [3.05, 3.63) is 86.9 Å². The Kier molecular flexibility index (Phi) is 5.61. The zero-order chi connectivity index (χ0) is 22.1. The summed E-state index contributed by atoms with van der Waals surface area (Å²) in [7, 11) is 0. The fourth-order valence-corrected chi connectivity index (χ4v) is 3.77. The number of para-hydroxylation sites is 1. The van der Waals surface area contributed by atoms with Crippen molar-refractivity contribution in [1.29, 1.82) is 0 Å². The average Bonchev–Trinajstić information content (AvgIpc) is 3.13. The molecule has 1 N–H and O–H groups in total. The predicted octanol–water partition coefficient (Wildman–Crippen LogP) is 3.73. The average molecular weight is 436 g/mol. The molecule has 1 atom stereocenters. The first-order valence-electron chi connectivity index (χ1n) is 9.93. The first kappa shape index (κ1) is 20.8. The number of nitrogens with one attached hydrogen (secondary N) is 1. The number of fused-ring (bicyclic) bond motifs is 1. The number of carbonyl (C=O) groups excluding carboxylic acids is 1. The zero-order valence-corrected chi connectivity index (χ0v) is 18.2. The first-order chi connectivity index (χ1) is 14.9. The van der Waals surface area contributed by atoms with Crippen LogP contribution in [-0.4, -0.2) is 25.5 Å². The van der Waals surface area contributed by atoms with Gasteiger partial charge in [-0.05, 0) is 50.6 Å². The van der Waals surface area contributed by atoms with E-state index in [4.69, 9.17) is 11.6 Å². The van der Waals surface area contributed by atoms with E-state index in [1.165, 1.54) is 4.68 Å². The van der Waals surface area contributed by atoms with E-state index in [2.05, 4.69) is 15.5 Å². The van der Waals surface area contributed by atoms with Gasteiger partial charge in [0.1, 0.15) is 11.6 Å². The van der Waals surface area contributed by atoms with Crippen LogP contribution in [0, 0.1) is 13.8 Å². The summed E-state index contributed by atoms with van der Waals surface area (Å²) in [6.45, 7) is 5.60. The number of aromatic nitrogens is 4. The minimum atomic E-state index is -0.783. The van der Waals surface area contributed by atoms with Crippen LogP contribution in [0.1, 0.15) is 29.9 Å². The molecular weight excluding hydrogens is 414 g/mol. The van der Waals surface area contributed by atoms with E-state index >= 15 is 0 Å². The van der Waals surface area contributed by atoms with Crippen molar-refractivity contribution in [2.24, 2.45) is 0 Å². The molecule has 0 spiro atoms. The molecule has 158 valence electrons. The fourth-order valence-electron chi connectivity index (χ4n) is 3.56. The summed E-state index contributed by atoms with van der Waals surface area (Å²) < 4.78 is 2.96. The summed E-state index contributed by atoms with van der Waals surface area (Å²) in [6, 6.07) is 16.1. The molecule has 0 bridgehead atoms. The summed E-state index contributed by atoms with van der Waals surface area (Å²) in [6.07, 6.45) is 0. The van der Waals surface area contributed by atoms with Crippen LogP contribution >= 0.6 is 11.6 Å². The number of benzene rings is 2. The lowest BCUT2D eigenvalue weighted by Crippen LogP contribution is -2.37. The summed E-state index contributed by atoms with van der Waals surface area (Å²) in [5.41, 5.74) is 3.22. The molecule has 8 heteroatoms. The Morgan fingerprint density at radius 3 is 2.55 bits per heavy atom. The summed E-state index contributed by atoms with van der Waals surface area (Å²) in [5.74, 6) is -0.304. The fraction of sp³-hybridized carbons (Fsp3) is 0.217. The number of rotatable bonds is 5. The molecule has 0 saturated heterocycles. The van der Waals surface area contributed by atoms with E-state index in [-0.39, 0.29) is 11.5 Å². The molecule has 0 aliphatic carbocycles. The summed E-state index contributed by atoms with van der Waals surface area (Å²) >= 11 is 6.00. The van der Waals surface area contributed by atoms with E-state index in [1.807, 2.05) is 49.4 Å². The minimum absolute atomic E-state index is 0.304. The molecule has 0 saturated carbocycles. The number of hydrogen-bond donors (Lipinski definition) is 1. The van der Waals surface area contributed by atoms with E-state index in [9.17, 15) is 9.59 Å². The van der Waals surface area contributed by atoms with Crippen molar-refractivity contribution in [2.75, 3.05) is 0 Å². The second-order valence-electron chi connectivity index (χ2n) is 7.42. The van der Waals surface area contributed by atoms with Crippen LogP contribution in [0.3, 0.4) is 0 Å². The molecule has 4 aromatic rings. The number of amides is 1. The Bertz CT molecular complexity index is 1330. The largest absolute Gasteiger partial charge is 0.350 e. The van der Waals surface area contributed by atoms with E-state index in [0.717, 1.165) is 11.3 Å². The number of halogens is 1. The summed E-state index contributed by atoms with van der Waals surface area (Å²) in [5, 5.41) is 12.9. The lowest BCUT2D eigenvalue weighted by atomic mass is 10.2. The minimum Gasteiger partial charge on any atom is -0.350 e. The molecule has 2 aromatic carbocycles. The number of carbonyl (C=O) groups is 1. The van der Waals surface area contributed by atoms with Gasteiger partial charge in [-0.15, -0.1) is 0 Å². The van der Waals surface area contributed by atoms with Crippen LogP contribution in [0.4, 0.5) is 0 Å². The van der Waals surface area contributed by atoms with E-state index in [1.54, 1.807) is 30.7 Å². The van der Waals surface area contributed by atoms with Gasteiger partial charge >= 0.3 is 0 Å². The third-order valence-electron chi connectivity index (χ3n) is 5.24. The zero-order valence-electron chi connectivity index (χ0n) is 17.5. The molecule has 0 fully saturated rings. The monoisotopic (exact) mass is 435 g/mol. The highest BCUT2D eigenvalue weighted by molar-refractivity contribution is 6.30. The number of nitrogens with zero attached hydrogens (tertiary/aromatic N) is 4. The van der Waals surface area contributed by atoms with Crippen LogP contribution in [0.5, 0.6) is 0 Å². The van der Waals surface area contributed by atoms with Crippen LogP contribution in [-0.2, 0) is 11.3 Å². The van der Waals surface area contributed by atoms with Gasteiger partial charge in [0.05, 0.1) is 22.5 Å². The third kappa shape index (κ3) is 3.96. The molecule has 0 aliphatic heterocycles. The molecule has 31 heavy (non-hydrogen) atoms. The quantitative estimate of drug-likeness (QED) is 0.518. The third-order valence-corrected chi connectivity index (χ3v) is 5.48. The maximum atomic E-state index is 13.3. The molecule has 2 heterocycles. The molecule has 7 nitrogen and oxygen atoms in total. The molecule has 0 aliphatic rings. The van der Waals surface area contributed by atoms with Gasteiger partial charge in [0.2, 0.25) is 5.91 Å². The normalized spacial score (nSPS) is 12.1. The molecule has 4 rings (SSSR count).